The van der Waals surface area contributed by atoms with Crippen LogP contribution >= 0.6 is 0 Å². The minimum atomic E-state index is -1.09. The molecule has 1 aliphatic heterocycles. The number of nitrogens with one attached hydrogen (secondary N) is 1. The zero-order chi connectivity index (χ0) is 14.7. The van der Waals surface area contributed by atoms with Crippen LogP contribution in [-0.2, 0) is 9.59 Å². The van der Waals surface area contributed by atoms with E-state index in [1.54, 1.807) is 24.0 Å². The average Bonchev–Trinajstić information content (AvgIpc) is 2.40. The largest absolute Gasteiger partial charge is 0.478 e. The molecule has 106 valence electrons. The van der Waals surface area contributed by atoms with Crippen molar-refractivity contribution in [3.63, 3.8) is 0 Å². The summed E-state index contributed by atoms with van der Waals surface area (Å²) in [6, 6.07) is 4.01. The van der Waals surface area contributed by atoms with Gasteiger partial charge in [-0.3, -0.25) is 4.79 Å². The molecule has 0 aromatic heterocycles. The number of piperazine rings is 1. The Morgan fingerprint density at radius 2 is 2.30 bits per heavy atom. The molecule has 20 heavy (non-hydrogen) atoms. The summed E-state index contributed by atoms with van der Waals surface area (Å²) < 4.78 is 14.1. The smallest absolute Gasteiger partial charge is 0.328 e. The highest BCUT2D eigenvalue weighted by molar-refractivity contribution is 5.87. The lowest BCUT2D eigenvalue weighted by Gasteiger charge is -2.34. The van der Waals surface area contributed by atoms with Gasteiger partial charge in [-0.05, 0) is 30.7 Å². The standard InChI is InChI=1S/C14H15FN2O3/c1-9-14(20)16-6-7-17(9)12-4-2-10(8-11(12)15)3-5-13(18)19/h2-5,8-9H,6-7H2,1H3,(H,16,20)(H,18,19). The lowest BCUT2D eigenvalue weighted by Crippen LogP contribution is -2.54. The van der Waals surface area contributed by atoms with Crippen LogP contribution < -0.4 is 10.2 Å². The second-order valence-electron chi connectivity index (χ2n) is 4.54. The Balaban J connectivity index is 2.25. The number of hydrogen-bond acceptors (Lipinski definition) is 3. The van der Waals surface area contributed by atoms with E-state index in [0.717, 1.165) is 6.08 Å². The van der Waals surface area contributed by atoms with E-state index < -0.39 is 17.8 Å². The van der Waals surface area contributed by atoms with Crippen LogP contribution in [0.1, 0.15) is 12.5 Å². The quantitative estimate of drug-likeness (QED) is 0.816. The van der Waals surface area contributed by atoms with E-state index in [1.807, 2.05) is 0 Å². The van der Waals surface area contributed by atoms with Gasteiger partial charge < -0.3 is 15.3 Å². The Bertz CT molecular complexity index is 572. The molecule has 1 aromatic carbocycles. The molecule has 1 fully saturated rings. The van der Waals surface area contributed by atoms with Gasteiger partial charge in [-0.15, -0.1) is 0 Å². The Morgan fingerprint density at radius 1 is 1.55 bits per heavy atom. The third-order valence-electron chi connectivity index (χ3n) is 3.20. The van der Waals surface area contributed by atoms with Crippen molar-refractivity contribution in [3.8, 4) is 0 Å². The van der Waals surface area contributed by atoms with Crippen LogP contribution in [0.5, 0.6) is 0 Å². The first kappa shape index (κ1) is 14.0. The SMILES string of the molecule is CC1C(=O)NCCN1c1ccc(C=CC(=O)O)cc1F. The topological polar surface area (TPSA) is 69.6 Å². The third kappa shape index (κ3) is 2.96. The van der Waals surface area contributed by atoms with E-state index in [0.29, 0.717) is 24.3 Å². The number of halogens is 1. The van der Waals surface area contributed by atoms with Gasteiger partial charge in [0.1, 0.15) is 11.9 Å². The number of nitrogens with zero attached hydrogens (tertiary/aromatic N) is 1. The molecule has 1 atom stereocenters. The van der Waals surface area contributed by atoms with Gasteiger partial charge in [-0.25, -0.2) is 9.18 Å². The lowest BCUT2D eigenvalue weighted by molar-refractivity contribution is -0.131. The molecule has 1 saturated heterocycles. The monoisotopic (exact) mass is 278 g/mol. The van der Waals surface area contributed by atoms with Gasteiger partial charge in [0.15, 0.2) is 0 Å². The molecule has 0 spiro atoms. The molecule has 1 aromatic rings. The molecule has 1 amide bonds. The van der Waals surface area contributed by atoms with Crippen molar-refractivity contribution in [2.75, 3.05) is 18.0 Å². The number of anilines is 1. The van der Waals surface area contributed by atoms with Gasteiger partial charge in [0.25, 0.3) is 0 Å². The Hall–Kier alpha value is -2.37. The minimum Gasteiger partial charge on any atom is -0.478 e. The fraction of sp³-hybridized carbons (Fsp3) is 0.286. The van der Waals surface area contributed by atoms with Gasteiger partial charge in [-0.2, -0.15) is 0 Å². The molecule has 1 aliphatic rings. The third-order valence-corrected chi connectivity index (χ3v) is 3.20. The summed E-state index contributed by atoms with van der Waals surface area (Å²) in [7, 11) is 0. The molecule has 2 rings (SSSR count). The van der Waals surface area contributed by atoms with Crippen molar-refractivity contribution < 1.29 is 19.1 Å². The number of benzene rings is 1. The van der Waals surface area contributed by atoms with E-state index in [9.17, 15) is 14.0 Å². The highest BCUT2D eigenvalue weighted by Crippen LogP contribution is 2.24. The van der Waals surface area contributed by atoms with E-state index in [1.165, 1.54) is 12.1 Å². The van der Waals surface area contributed by atoms with Gasteiger partial charge in [0.2, 0.25) is 5.91 Å². The maximum Gasteiger partial charge on any atom is 0.328 e. The maximum absolute atomic E-state index is 14.1. The molecule has 0 saturated carbocycles. The van der Waals surface area contributed by atoms with Crippen LogP contribution in [0.3, 0.4) is 0 Å². The maximum atomic E-state index is 14.1. The molecule has 0 aliphatic carbocycles. The molecular weight excluding hydrogens is 263 g/mol. The zero-order valence-corrected chi connectivity index (χ0v) is 11.0. The molecule has 2 N–H and O–H groups in total. The predicted octanol–water partition coefficient (Wildman–Crippen LogP) is 1.25. The van der Waals surface area contributed by atoms with E-state index >= 15 is 0 Å². The summed E-state index contributed by atoms with van der Waals surface area (Å²) in [5.74, 6) is -1.69. The lowest BCUT2D eigenvalue weighted by atomic mass is 10.1. The summed E-state index contributed by atoms with van der Waals surface area (Å²) in [6.07, 6.45) is 2.27. The number of hydrogen-bond donors (Lipinski definition) is 2. The summed E-state index contributed by atoms with van der Waals surface area (Å²) in [5.41, 5.74) is 0.808. The number of rotatable bonds is 3. The van der Waals surface area contributed by atoms with Crippen LogP contribution in [0, 0.1) is 5.82 Å². The predicted molar refractivity (Wildman–Crippen MR) is 72.9 cm³/mol. The molecule has 1 heterocycles. The molecule has 1 unspecified atom stereocenters. The first-order valence-corrected chi connectivity index (χ1v) is 6.24. The van der Waals surface area contributed by atoms with Gasteiger partial charge in [-0.1, -0.05) is 6.07 Å². The first-order chi connectivity index (χ1) is 9.49. The van der Waals surface area contributed by atoms with Crippen LogP contribution in [-0.4, -0.2) is 36.1 Å². The molecule has 6 heteroatoms. The molecular formula is C14H15FN2O3. The summed E-state index contributed by atoms with van der Waals surface area (Å²) in [6.45, 7) is 2.73. The van der Waals surface area contributed by atoms with Crippen LogP contribution in [0.2, 0.25) is 0 Å². The highest BCUT2D eigenvalue weighted by Gasteiger charge is 2.27. The molecule has 5 nitrogen and oxygen atoms in total. The van der Waals surface area contributed by atoms with E-state index in [2.05, 4.69) is 5.32 Å². The molecule has 0 bridgehead atoms. The van der Waals surface area contributed by atoms with Crippen molar-refractivity contribution in [2.24, 2.45) is 0 Å². The second kappa shape index (κ2) is 5.73. The summed E-state index contributed by atoms with van der Waals surface area (Å²) in [4.78, 5) is 23.7. The fourth-order valence-electron chi connectivity index (χ4n) is 2.14. The van der Waals surface area contributed by atoms with Crippen molar-refractivity contribution in [3.05, 3.63) is 35.7 Å². The average molecular weight is 278 g/mol. The number of carbonyl (C=O) groups excluding carboxylic acids is 1. The second-order valence-corrected chi connectivity index (χ2v) is 4.54. The van der Waals surface area contributed by atoms with Crippen molar-refractivity contribution in [2.45, 2.75) is 13.0 Å². The fourth-order valence-corrected chi connectivity index (χ4v) is 2.14. The van der Waals surface area contributed by atoms with Crippen LogP contribution in [0.15, 0.2) is 24.3 Å². The van der Waals surface area contributed by atoms with Crippen molar-refractivity contribution in [1.82, 2.24) is 5.32 Å². The highest BCUT2D eigenvalue weighted by atomic mass is 19.1. The van der Waals surface area contributed by atoms with Gasteiger partial charge >= 0.3 is 5.97 Å². The van der Waals surface area contributed by atoms with Gasteiger partial charge in [0.05, 0.1) is 5.69 Å². The van der Waals surface area contributed by atoms with Crippen LogP contribution in [0.4, 0.5) is 10.1 Å². The zero-order valence-electron chi connectivity index (χ0n) is 11.0. The normalized spacial score (nSPS) is 19.2. The Morgan fingerprint density at radius 3 is 2.95 bits per heavy atom. The van der Waals surface area contributed by atoms with Crippen molar-refractivity contribution in [1.29, 1.82) is 0 Å². The van der Waals surface area contributed by atoms with Crippen molar-refractivity contribution >= 4 is 23.6 Å². The first-order valence-electron chi connectivity index (χ1n) is 6.24. The summed E-state index contributed by atoms with van der Waals surface area (Å²) >= 11 is 0. The van der Waals surface area contributed by atoms with E-state index in [4.69, 9.17) is 5.11 Å². The van der Waals surface area contributed by atoms with Crippen LogP contribution in [0.25, 0.3) is 6.08 Å². The van der Waals surface area contributed by atoms with E-state index in [-0.39, 0.29) is 5.91 Å². The number of amides is 1. The number of carbonyl (C=O) groups is 2. The Kier molecular flexibility index (Phi) is 4.02. The number of carboxylic acids is 1. The Labute approximate surface area is 115 Å². The minimum absolute atomic E-state index is 0.134. The number of carboxylic acid groups (broad SMARTS) is 1. The number of aliphatic carboxylic acids is 1. The van der Waals surface area contributed by atoms with Gasteiger partial charge in [0, 0.05) is 19.2 Å². The molecule has 0 radical (unpaired) electrons. The summed E-state index contributed by atoms with van der Waals surface area (Å²) in [5, 5.41) is 11.2.